The van der Waals surface area contributed by atoms with Crippen LogP contribution in [0.2, 0.25) is 0 Å². The van der Waals surface area contributed by atoms with Gasteiger partial charge in [-0.05, 0) is 16.9 Å². The van der Waals surface area contributed by atoms with E-state index < -0.39 is 23.2 Å². The molecule has 0 aliphatic heterocycles. The maximum absolute atomic E-state index is 11.9. The summed E-state index contributed by atoms with van der Waals surface area (Å²) < 4.78 is 0. The van der Waals surface area contributed by atoms with Crippen LogP contribution in [0.3, 0.4) is 0 Å². The Hall–Kier alpha value is -1.36. The second kappa shape index (κ2) is 4.14. The molecule has 1 heterocycles. The minimum atomic E-state index is -0.883. The molecule has 5 heteroatoms. The second-order valence-electron chi connectivity index (χ2n) is 4.91. The normalized spacial score (nSPS) is 25.3. The number of hydrogen-bond donors (Lipinski definition) is 2. The van der Waals surface area contributed by atoms with Crippen molar-refractivity contribution in [1.82, 2.24) is 5.32 Å². The minimum absolute atomic E-state index is 0.157. The van der Waals surface area contributed by atoms with Gasteiger partial charge < -0.3 is 10.4 Å². The van der Waals surface area contributed by atoms with Crippen molar-refractivity contribution in [3.63, 3.8) is 0 Å². The number of nitrogens with one attached hydrogen (secondary N) is 1. The lowest BCUT2D eigenvalue weighted by Crippen LogP contribution is -2.26. The van der Waals surface area contributed by atoms with Crippen molar-refractivity contribution in [3.8, 4) is 0 Å². The van der Waals surface area contributed by atoms with Gasteiger partial charge in [0.25, 0.3) is 0 Å². The van der Waals surface area contributed by atoms with Crippen molar-refractivity contribution in [1.29, 1.82) is 0 Å². The molecule has 2 atom stereocenters. The molecule has 1 aromatic rings. The lowest BCUT2D eigenvalue weighted by Gasteiger charge is -2.04. The quantitative estimate of drug-likeness (QED) is 0.858. The molecule has 0 saturated heterocycles. The van der Waals surface area contributed by atoms with E-state index in [1.165, 1.54) is 0 Å². The summed E-state index contributed by atoms with van der Waals surface area (Å²) in [4.78, 5) is 23.9. The van der Waals surface area contributed by atoms with Gasteiger partial charge in [0.2, 0.25) is 5.91 Å². The van der Waals surface area contributed by atoms with Crippen molar-refractivity contribution in [3.05, 3.63) is 22.4 Å². The van der Waals surface area contributed by atoms with Crippen LogP contribution >= 0.6 is 11.3 Å². The molecule has 1 aliphatic carbocycles. The first-order valence-corrected chi connectivity index (χ1v) is 6.35. The molecule has 1 saturated carbocycles. The molecule has 0 aromatic carbocycles. The van der Waals surface area contributed by atoms with E-state index in [4.69, 9.17) is 5.11 Å². The van der Waals surface area contributed by atoms with E-state index in [9.17, 15) is 9.59 Å². The first-order chi connectivity index (χ1) is 7.94. The molecule has 0 spiro atoms. The Morgan fingerprint density at radius 1 is 1.47 bits per heavy atom. The molecular formula is C12H15NO3S. The molecule has 1 aromatic heterocycles. The van der Waals surface area contributed by atoms with Crippen molar-refractivity contribution in [2.45, 2.75) is 20.4 Å². The maximum Gasteiger partial charge on any atom is 0.307 e. The van der Waals surface area contributed by atoms with Gasteiger partial charge in [0, 0.05) is 4.88 Å². The SMILES string of the molecule is CC1(C)[C@H](C(=O)O)[C@@H]1C(=O)NCc1cccs1. The smallest absolute Gasteiger partial charge is 0.307 e. The molecule has 92 valence electrons. The Kier molecular flexibility index (Phi) is 2.95. The summed E-state index contributed by atoms with van der Waals surface area (Å²) in [5.41, 5.74) is -0.425. The highest BCUT2D eigenvalue weighted by Gasteiger charge is 2.65. The fourth-order valence-corrected chi connectivity index (χ4v) is 2.93. The van der Waals surface area contributed by atoms with Crippen LogP contribution in [0.4, 0.5) is 0 Å². The third kappa shape index (κ3) is 2.20. The van der Waals surface area contributed by atoms with Crippen LogP contribution in [0.1, 0.15) is 18.7 Å². The summed E-state index contributed by atoms with van der Waals surface area (Å²) in [6.07, 6.45) is 0. The van der Waals surface area contributed by atoms with Gasteiger partial charge in [-0.15, -0.1) is 11.3 Å². The van der Waals surface area contributed by atoms with Crippen LogP contribution in [-0.4, -0.2) is 17.0 Å². The van der Waals surface area contributed by atoms with E-state index in [0.717, 1.165) is 4.88 Å². The van der Waals surface area contributed by atoms with Gasteiger partial charge in [-0.3, -0.25) is 9.59 Å². The number of thiophene rings is 1. The number of hydrogen-bond acceptors (Lipinski definition) is 3. The largest absolute Gasteiger partial charge is 0.481 e. The zero-order valence-corrected chi connectivity index (χ0v) is 10.6. The topological polar surface area (TPSA) is 66.4 Å². The minimum Gasteiger partial charge on any atom is -0.481 e. The first-order valence-electron chi connectivity index (χ1n) is 5.47. The molecule has 0 unspecified atom stereocenters. The van der Waals surface area contributed by atoms with Crippen molar-refractivity contribution in [2.24, 2.45) is 17.3 Å². The number of carbonyl (C=O) groups is 2. The van der Waals surface area contributed by atoms with E-state index in [-0.39, 0.29) is 5.91 Å². The lowest BCUT2D eigenvalue weighted by molar-refractivity contribution is -0.140. The number of amides is 1. The summed E-state index contributed by atoms with van der Waals surface area (Å²) in [5.74, 6) is -1.99. The molecular weight excluding hydrogens is 238 g/mol. The van der Waals surface area contributed by atoms with Crippen molar-refractivity contribution >= 4 is 23.2 Å². The Labute approximate surface area is 104 Å². The Morgan fingerprint density at radius 3 is 2.65 bits per heavy atom. The summed E-state index contributed by atoms with van der Waals surface area (Å²) >= 11 is 1.57. The van der Waals surface area contributed by atoms with Crippen LogP contribution in [-0.2, 0) is 16.1 Å². The Morgan fingerprint density at radius 2 is 2.18 bits per heavy atom. The predicted molar refractivity (Wildman–Crippen MR) is 64.6 cm³/mol. The van der Waals surface area contributed by atoms with E-state index in [1.54, 1.807) is 11.3 Å². The average molecular weight is 253 g/mol. The van der Waals surface area contributed by atoms with Crippen LogP contribution in [0.5, 0.6) is 0 Å². The summed E-state index contributed by atoms with van der Waals surface area (Å²) in [7, 11) is 0. The molecule has 4 nitrogen and oxygen atoms in total. The van der Waals surface area contributed by atoms with Gasteiger partial charge in [-0.25, -0.2) is 0 Å². The fraction of sp³-hybridized carbons (Fsp3) is 0.500. The zero-order chi connectivity index (χ0) is 12.6. The van der Waals surface area contributed by atoms with Crippen LogP contribution in [0, 0.1) is 17.3 Å². The number of rotatable bonds is 4. The molecule has 1 amide bonds. The molecule has 2 N–H and O–H groups in total. The average Bonchev–Trinajstić information content (AvgIpc) is 2.65. The van der Waals surface area contributed by atoms with E-state index in [2.05, 4.69) is 5.32 Å². The number of aliphatic carboxylic acids is 1. The van der Waals surface area contributed by atoms with Crippen LogP contribution in [0.15, 0.2) is 17.5 Å². The second-order valence-corrected chi connectivity index (χ2v) is 5.94. The van der Waals surface area contributed by atoms with E-state index in [0.29, 0.717) is 6.54 Å². The van der Waals surface area contributed by atoms with Crippen molar-refractivity contribution in [2.75, 3.05) is 0 Å². The molecule has 1 fully saturated rings. The van der Waals surface area contributed by atoms with E-state index >= 15 is 0 Å². The summed E-state index contributed by atoms with van der Waals surface area (Å²) in [6.45, 7) is 4.12. The summed E-state index contributed by atoms with van der Waals surface area (Å²) in [6, 6.07) is 3.87. The maximum atomic E-state index is 11.9. The van der Waals surface area contributed by atoms with Gasteiger partial charge in [0.15, 0.2) is 0 Å². The Balaban J connectivity index is 1.92. The van der Waals surface area contributed by atoms with E-state index in [1.807, 2.05) is 31.4 Å². The molecule has 1 aliphatic rings. The predicted octanol–water partition coefficient (Wildman–Crippen LogP) is 1.72. The van der Waals surface area contributed by atoms with Gasteiger partial charge in [-0.1, -0.05) is 19.9 Å². The number of carboxylic acid groups (broad SMARTS) is 1. The number of carbonyl (C=O) groups excluding carboxylic acids is 1. The highest BCUT2D eigenvalue weighted by molar-refractivity contribution is 7.09. The van der Waals surface area contributed by atoms with Gasteiger partial charge >= 0.3 is 5.97 Å². The number of carboxylic acids is 1. The van der Waals surface area contributed by atoms with Gasteiger partial charge in [0.05, 0.1) is 18.4 Å². The summed E-state index contributed by atoms with van der Waals surface area (Å²) in [5, 5.41) is 13.7. The van der Waals surface area contributed by atoms with Crippen molar-refractivity contribution < 1.29 is 14.7 Å². The Bertz CT molecular complexity index is 439. The third-order valence-corrected chi connectivity index (χ3v) is 4.27. The zero-order valence-electron chi connectivity index (χ0n) is 9.77. The molecule has 0 radical (unpaired) electrons. The third-order valence-electron chi connectivity index (χ3n) is 3.39. The first kappa shape index (κ1) is 12.1. The highest BCUT2D eigenvalue weighted by atomic mass is 32.1. The van der Waals surface area contributed by atoms with Crippen LogP contribution in [0.25, 0.3) is 0 Å². The van der Waals surface area contributed by atoms with Crippen LogP contribution < -0.4 is 5.32 Å². The van der Waals surface area contributed by atoms with Gasteiger partial charge in [0.1, 0.15) is 0 Å². The highest BCUT2D eigenvalue weighted by Crippen LogP contribution is 2.58. The monoisotopic (exact) mass is 253 g/mol. The van der Waals surface area contributed by atoms with Gasteiger partial charge in [-0.2, -0.15) is 0 Å². The molecule has 2 rings (SSSR count). The molecule has 0 bridgehead atoms. The fourth-order valence-electron chi connectivity index (χ4n) is 2.29. The molecule has 17 heavy (non-hydrogen) atoms. The standard InChI is InChI=1S/C12H15NO3S/c1-12(2)8(9(12)11(15)16)10(14)13-6-7-4-3-5-17-7/h3-5,8-9H,6H2,1-2H3,(H,13,14)(H,15,16)/t8-,9+/m1/s1. The lowest BCUT2D eigenvalue weighted by atomic mass is 10.1.